The van der Waals surface area contributed by atoms with Crippen LogP contribution in [0.4, 0.5) is 14.5 Å². The van der Waals surface area contributed by atoms with Gasteiger partial charge < -0.3 is 5.32 Å². The Morgan fingerprint density at radius 3 is 2.95 bits per heavy atom. The zero-order chi connectivity index (χ0) is 14.7. The average Bonchev–Trinajstić information content (AvgIpc) is 2.76. The minimum absolute atomic E-state index is 0.0437. The maximum atomic E-state index is 13.0. The monoisotopic (exact) mass is 300 g/mol. The van der Waals surface area contributed by atoms with Crippen LogP contribution in [0.5, 0.6) is 0 Å². The van der Waals surface area contributed by atoms with E-state index in [4.69, 9.17) is 0 Å². The first kappa shape index (κ1) is 14.7. The van der Waals surface area contributed by atoms with Crippen molar-refractivity contribution in [3.05, 3.63) is 18.0 Å². The number of amides is 1. The second-order valence-electron chi connectivity index (χ2n) is 4.19. The van der Waals surface area contributed by atoms with Gasteiger partial charge >= 0.3 is 0 Å². The number of carbonyl (C=O) groups excluding carboxylic acids is 1. The van der Waals surface area contributed by atoms with Crippen LogP contribution in [0, 0.1) is 0 Å². The Morgan fingerprint density at radius 2 is 2.30 bits per heavy atom. The quantitative estimate of drug-likeness (QED) is 0.922. The molecule has 2 heterocycles. The molecule has 2 aromatic heterocycles. The minimum atomic E-state index is -2.75. The van der Waals surface area contributed by atoms with E-state index in [2.05, 4.69) is 15.4 Å². The first-order valence-corrected chi connectivity index (χ1v) is 7.32. The highest BCUT2D eigenvalue weighted by atomic mass is 32.2. The molecule has 0 saturated heterocycles. The van der Waals surface area contributed by atoms with Crippen molar-refractivity contribution in [2.24, 2.45) is 7.05 Å². The number of fused-ring (bicyclic) bond motifs is 1. The number of hydrogen-bond acceptors (Lipinski definition) is 4. The molecule has 0 saturated carbocycles. The summed E-state index contributed by atoms with van der Waals surface area (Å²) in [5.41, 5.74) is 0.588. The number of rotatable bonds is 5. The predicted octanol–water partition coefficient (Wildman–Crippen LogP) is 2.60. The number of nitrogens with one attached hydrogen (secondary N) is 1. The van der Waals surface area contributed by atoms with Crippen LogP contribution in [0.15, 0.2) is 12.3 Å². The molecule has 0 unspecified atom stereocenters. The largest absolute Gasteiger partial charge is 0.324 e. The van der Waals surface area contributed by atoms with E-state index >= 15 is 0 Å². The molecule has 0 aromatic carbocycles. The molecule has 0 aliphatic rings. The normalized spacial score (nSPS) is 11.2. The van der Waals surface area contributed by atoms with Crippen LogP contribution >= 0.6 is 11.8 Å². The van der Waals surface area contributed by atoms with Crippen LogP contribution in [-0.2, 0) is 11.8 Å². The van der Waals surface area contributed by atoms with E-state index in [9.17, 15) is 13.6 Å². The van der Waals surface area contributed by atoms with Crippen LogP contribution in [0.3, 0.4) is 0 Å². The zero-order valence-electron chi connectivity index (χ0n) is 11.1. The van der Waals surface area contributed by atoms with Crippen LogP contribution in [0.25, 0.3) is 11.0 Å². The predicted molar refractivity (Wildman–Crippen MR) is 75.1 cm³/mol. The first-order chi connectivity index (χ1) is 9.52. The van der Waals surface area contributed by atoms with Crippen molar-refractivity contribution in [2.75, 3.05) is 17.3 Å². The number of hydrogen-bond donors (Lipinski definition) is 1. The van der Waals surface area contributed by atoms with Crippen LogP contribution in [-0.4, -0.2) is 32.7 Å². The van der Waals surface area contributed by atoms with Gasteiger partial charge in [-0.05, 0) is 12.3 Å². The Hall–Kier alpha value is -1.70. The number of aryl methyl sites for hydroxylation is 1. The van der Waals surface area contributed by atoms with Gasteiger partial charge in [-0.3, -0.25) is 9.48 Å². The van der Waals surface area contributed by atoms with Gasteiger partial charge in [-0.25, -0.2) is 13.8 Å². The highest BCUT2D eigenvalue weighted by molar-refractivity contribution is 7.98. The molecule has 2 rings (SSSR count). The van der Waals surface area contributed by atoms with Crippen LogP contribution in [0.2, 0.25) is 0 Å². The lowest BCUT2D eigenvalue weighted by atomic mass is 10.2. The van der Waals surface area contributed by atoms with Crippen molar-refractivity contribution in [3.8, 4) is 0 Å². The van der Waals surface area contributed by atoms with Gasteiger partial charge in [0.1, 0.15) is 11.2 Å². The van der Waals surface area contributed by atoms with Gasteiger partial charge in [0, 0.05) is 19.2 Å². The second-order valence-corrected chi connectivity index (χ2v) is 5.17. The number of halogens is 2. The molecule has 0 atom stereocenters. The van der Waals surface area contributed by atoms with E-state index in [-0.39, 0.29) is 18.0 Å². The molecule has 1 amide bonds. The van der Waals surface area contributed by atoms with Gasteiger partial charge in [0.2, 0.25) is 5.91 Å². The number of anilines is 1. The van der Waals surface area contributed by atoms with E-state index in [0.29, 0.717) is 16.8 Å². The van der Waals surface area contributed by atoms with Crippen molar-refractivity contribution < 1.29 is 13.6 Å². The summed E-state index contributed by atoms with van der Waals surface area (Å²) in [4.78, 5) is 15.6. The maximum absolute atomic E-state index is 13.0. The number of nitrogens with zero attached hydrogens (tertiary/aromatic N) is 3. The number of alkyl halides is 2. The standard InChI is InChI=1S/C12H14F2N4OS/c1-18-9-5-7(16-10(19)3-4-20-2)11(12(13)14)17-8(9)6-15-18/h5-6,12H,3-4H2,1-2H3,(H,16,19). The minimum Gasteiger partial charge on any atom is -0.324 e. The van der Waals surface area contributed by atoms with Gasteiger partial charge in [0.15, 0.2) is 0 Å². The Kier molecular flexibility index (Phi) is 4.53. The van der Waals surface area contributed by atoms with Crippen molar-refractivity contribution in [3.63, 3.8) is 0 Å². The van der Waals surface area contributed by atoms with Gasteiger partial charge in [-0.1, -0.05) is 0 Å². The summed E-state index contributed by atoms with van der Waals surface area (Å²) in [6, 6.07) is 1.48. The third kappa shape index (κ3) is 3.06. The summed E-state index contributed by atoms with van der Waals surface area (Å²) in [6.45, 7) is 0. The average molecular weight is 300 g/mol. The highest BCUT2D eigenvalue weighted by Gasteiger charge is 2.19. The Balaban J connectivity index is 2.36. The molecule has 0 aliphatic carbocycles. The van der Waals surface area contributed by atoms with Crippen molar-refractivity contribution >= 4 is 34.4 Å². The maximum Gasteiger partial charge on any atom is 0.282 e. The third-order valence-electron chi connectivity index (χ3n) is 2.78. The van der Waals surface area contributed by atoms with Crippen LogP contribution in [0.1, 0.15) is 18.5 Å². The smallest absolute Gasteiger partial charge is 0.282 e. The molecule has 0 spiro atoms. The summed E-state index contributed by atoms with van der Waals surface area (Å²) in [5, 5.41) is 6.46. The number of thioether (sulfide) groups is 1. The molecule has 0 radical (unpaired) electrons. The van der Waals surface area contributed by atoms with Gasteiger partial charge in [-0.2, -0.15) is 16.9 Å². The molecule has 0 aliphatic heterocycles. The fourth-order valence-corrected chi connectivity index (χ4v) is 2.15. The van der Waals surface area contributed by atoms with E-state index in [1.165, 1.54) is 28.7 Å². The third-order valence-corrected chi connectivity index (χ3v) is 3.39. The highest BCUT2D eigenvalue weighted by Crippen LogP contribution is 2.28. The summed E-state index contributed by atoms with van der Waals surface area (Å²) >= 11 is 1.52. The summed E-state index contributed by atoms with van der Waals surface area (Å²) in [6.07, 6.45) is 0.810. The molecular formula is C12H14F2N4OS. The molecule has 1 N–H and O–H groups in total. The summed E-state index contributed by atoms with van der Waals surface area (Å²) in [7, 11) is 1.69. The molecule has 0 fully saturated rings. The van der Waals surface area contributed by atoms with Gasteiger partial charge in [0.05, 0.1) is 17.4 Å². The Labute approximate surface area is 118 Å². The SMILES string of the molecule is CSCCC(=O)Nc1cc2c(cnn2C)nc1C(F)F. The molecule has 5 nitrogen and oxygen atoms in total. The number of aromatic nitrogens is 3. The Bertz CT molecular complexity index is 629. The second kappa shape index (κ2) is 6.17. The van der Waals surface area contributed by atoms with Crippen molar-refractivity contribution in [2.45, 2.75) is 12.8 Å². The van der Waals surface area contributed by atoms with E-state index in [1.807, 2.05) is 6.26 Å². The number of pyridine rings is 1. The molecule has 0 bridgehead atoms. The lowest BCUT2D eigenvalue weighted by Gasteiger charge is -2.10. The molecule has 20 heavy (non-hydrogen) atoms. The number of carbonyl (C=O) groups is 1. The molecule has 108 valence electrons. The fourth-order valence-electron chi connectivity index (χ4n) is 1.76. The van der Waals surface area contributed by atoms with Gasteiger partial charge in [-0.15, -0.1) is 0 Å². The van der Waals surface area contributed by atoms with Gasteiger partial charge in [0.25, 0.3) is 6.43 Å². The lowest BCUT2D eigenvalue weighted by molar-refractivity contribution is -0.115. The lowest BCUT2D eigenvalue weighted by Crippen LogP contribution is -2.14. The topological polar surface area (TPSA) is 59.8 Å². The zero-order valence-corrected chi connectivity index (χ0v) is 11.9. The molecule has 8 heteroatoms. The first-order valence-electron chi connectivity index (χ1n) is 5.92. The van der Waals surface area contributed by atoms with Crippen molar-refractivity contribution in [1.82, 2.24) is 14.8 Å². The summed E-state index contributed by atoms with van der Waals surface area (Å²) in [5.74, 6) is 0.335. The molecular weight excluding hydrogens is 286 g/mol. The summed E-state index contributed by atoms with van der Waals surface area (Å²) < 4.78 is 27.6. The van der Waals surface area contributed by atoms with E-state index in [1.54, 1.807) is 7.05 Å². The fraction of sp³-hybridized carbons (Fsp3) is 0.417. The van der Waals surface area contributed by atoms with E-state index < -0.39 is 12.1 Å². The van der Waals surface area contributed by atoms with Crippen LogP contribution < -0.4 is 5.32 Å². The Morgan fingerprint density at radius 1 is 1.55 bits per heavy atom. The van der Waals surface area contributed by atoms with E-state index in [0.717, 1.165) is 0 Å². The molecule has 2 aromatic rings. The van der Waals surface area contributed by atoms with Crippen molar-refractivity contribution in [1.29, 1.82) is 0 Å².